The van der Waals surface area contributed by atoms with E-state index in [0.29, 0.717) is 5.82 Å². The number of nitrogens with two attached hydrogens (primary N) is 1. The fraction of sp³-hybridized carbons (Fsp3) is 0.692. The van der Waals surface area contributed by atoms with E-state index in [-0.39, 0.29) is 12.0 Å². The predicted octanol–water partition coefficient (Wildman–Crippen LogP) is 1.80. The first-order valence-electron chi connectivity index (χ1n) is 6.52. The Bertz CT molecular complexity index is 408. The highest BCUT2D eigenvalue weighted by Crippen LogP contribution is 2.22. The zero-order chi connectivity index (χ0) is 13.1. The van der Waals surface area contributed by atoms with Crippen LogP contribution in [-0.2, 0) is 4.74 Å². The van der Waals surface area contributed by atoms with Gasteiger partial charge in [-0.15, -0.1) is 0 Å². The van der Waals surface area contributed by atoms with Crippen LogP contribution in [0.5, 0.6) is 0 Å². The van der Waals surface area contributed by atoms with Crippen LogP contribution in [0.4, 0.5) is 11.6 Å². The molecule has 18 heavy (non-hydrogen) atoms. The second-order valence-corrected chi connectivity index (χ2v) is 5.11. The topological polar surface area (TPSA) is 64.3 Å². The van der Waals surface area contributed by atoms with Crippen molar-refractivity contribution in [2.24, 2.45) is 0 Å². The van der Waals surface area contributed by atoms with E-state index in [0.717, 1.165) is 37.6 Å². The highest BCUT2D eigenvalue weighted by Gasteiger charge is 2.21. The summed E-state index contributed by atoms with van der Waals surface area (Å²) in [5, 5.41) is 0. The normalized spacial score (nSPS) is 20.4. The third kappa shape index (κ3) is 2.90. The molecule has 0 radical (unpaired) electrons. The molecular formula is C13H22N4O. The van der Waals surface area contributed by atoms with E-state index in [4.69, 9.17) is 10.5 Å². The average molecular weight is 250 g/mol. The molecule has 100 valence electrons. The van der Waals surface area contributed by atoms with Crippen LogP contribution in [0.15, 0.2) is 6.07 Å². The maximum Gasteiger partial charge on any atom is 0.135 e. The van der Waals surface area contributed by atoms with Gasteiger partial charge in [0.25, 0.3) is 0 Å². The molecule has 1 fully saturated rings. The van der Waals surface area contributed by atoms with Crippen LogP contribution in [0.3, 0.4) is 0 Å². The van der Waals surface area contributed by atoms with Crippen molar-refractivity contribution >= 4 is 11.6 Å². The van der Waals surface area contributed by atoms with Crippen molar-refractivity contribution in [3.05, 3.63) is 11.9 Å². The Balaban J connectivity index is 2.21. The number of anilines is 2. The first kappa shape index (κ1) is 13.1. The molecule has 0 spiro atoms. The largest absolute Gasteiger partial charge is 0.384 e. The maximum atomic E-state index is 5.86. The number of nitrogens with zero attached hydrogens (tertiary/aromatic N) is 3. The van der Waals surface area contributed by atoms with Gasteiger partial charge in [0.05, 0.1) is 6.10 Å². The summed E-state index contributed by atoms with van der Waals surface area (Å²) in [7, 11) is 1.77. The number of piperidine rings is 1. The average Bonchev–Trinajstić information content (AvgIpc) is 2.38. The third-order valence-corrected chi connectivity index (χ3v) is 3.30. The Kier molecular flexibility index (Phi) is 4.01. The maximum absolute atomic E-state index is 5.86. The number of methoxy groups -OCH3 is 1. The fourth-order valence-electron chi connectivity index (χ4n) is 2.23. The molecule has 5 nitrogen and oxygen atoms in total. The smallest absolute Gasteiger partial charge is 0.135 e. The number of hydrogen-bond donors (Lipinski definition) is 1. The van der Waals surface area contributed by atoms with E-state index < -0.39 is 0 Å². The Morgan fingerprint density at radius 1 is 1.44 bits per heavy atom. The molecule has 1 aromatic heterocycles. The van der Waals surface area contributed by atoms with Gasteiger partial charge in [-0.1, -0.05) is 13.8 Å². The number of hydrogen-bond acceptors (Lipinski definition) is 5. The standard InChI is InChI=1S/C13H22N4O/c1-9(2)13-15-11(14)7-12(16-13)17-6-4-5-10(8-17)18-3/h7,9-10H,4-6,8H2,1-3H3,(H2,14,15,16). The molecule has 0 aromatic carbocycles. The summed E-state index contributed by atoms with van der Waals surface area (Å²) >= 11 is 0. The summed E-state index contributed by atoms with van der Waals surface area (Å²) < 4.78 is 5.43. The molecule has 0 saturated carbocycles. The van der Waals surface area contributed by atoms with E-state index >= 15 is 0 Å². The lowest BCUT2D eigenvalue weighted by molar-refractivity contribution is 0.0891. The molecular weight excluding hydrogens is 228 g/mol. The molecule has 5 heteroatoms. The first-order valence-corrected chi connectivity index (χ1v) is 6.52. The molecule has 2 rings (SSSR count). The number of ether oxygens (including phenoxy) is 1. The van der Waals surface area contributed by atoms with Crippen molar-refractivity contribution in [1.29, 1.82) is 0 Å². The monoisotopic (exact) mass is 250 g/mol. The molecule has 1 aliphatic rings. The van der Waals surface area contributed by atoms with Gasteiger partial charge in [-0.3, -0.25) is 0 Å². The molecule has 2 N–H and O–H groups in total. The van der Waals surface area contributed by atoms with E-state index in [9.17, 15) is 0 Å². The van der Waals surface area contributed by atoms with Crippen LogP contribution in [0, 0.1) is 0 Å². The zero-order valence-electron chi connectivity index (χ0n) is 11.4. The van der Waals surface area contributed by atoms with E-state index in [1.165, 1.54) is 0 Å². The summed E-state index contributed by atoms with van der Waals surface area (Å²) in [5.74, 6) is 2.57. The summed E-state index contributed by atoms with van der Waals surface area (Å²) in [6, 6.07) is 1.85. The SMILES string of the molecule is COC1CCCN(c2cc(N)nc(C(C)C)n2)C1. The Morgan fingerprint density at radius 3 is 2.89 bits per heavy atom. The van der Waals surface area contributed by atoms with Gasteiger partial charge in [0.1, 0.15) is 17.5 Å². The molecule has 1 unspecified atom stereocenters. The highest BCUT2D eigenvalue weighted by molar-refractivity contribution is 5.47. The molecule has 0 amide bonds. The molecule has 1 aliphatic heterocycles. The third-order valence-electron chi connectivity index (χ3n) is 3.30. The highest BCUT2D eigenvalue weighted by atomic mass is 16.5. The van der Waals surface area contributed by atoms with Crippen molar-refractivity contribution in [2.75, 3.05) is 30.8 Å². The van der Waals surface area contributed by atoms with Crippen molar-refractivity contribution < 1.29 is 4.74 Å². The zero-order valence-corrected chi connectivity index (χ0v) is 11.4. The van der Waals surface area contributed by atoms with Crippen molar-refractivity contribution in [2.45, 2.75) is 38.7 Å². The minimum atomic E-state index is 0.287. The second kappa shape index (κ2) is 5.52. The summed E-state index contributed by atoms with van der Waals surface area (Å²) in [4.78, 5) is 11.1. The summed E-state index contributed by atoms with van der Waals surface area (Å²) in [6.45, 7) is 6.04. The molecule has 0 bridgehead atoms. The van der Waals surface area contributed by atoms with Gasteiger partial charge >= 0.3 is 0 Å². The molecule has 1 saturated heterocycles. The number of nitrogen functional groups attached to an aromatic ring is 1. The predicted molar refractivity (Wildman–Crippen MR) is 72.8 cm³/mol. The molecule has 0 aliphatic carbocycles. The van der Waals surface area contributed by atoms with Crippen LogP contribution >= 0.6 is 0 Å². The van der Waals surface area contributed by atoms with Crippen LogP contribution in [-0.4, -0.2) is 36.3 Å². The Hall–Kier alpha value is -1.36. The van der Waals surface area contributed by atoms with Crippen molar-refractivity contribution in [3.8, 4) is 0 Å². The minimum absolute atomic E-state index is 0.287. The van der Waals surface area contributed by atoms with Gasteiger partial charge in [-0.05, 0) is 12.8 Å². The number of aromatic nitrogens is 2. The molecule has 1 atom stereocenters. The first-order chi connectivity index (χ1) is 8.60. The van der Waals surface area contributed by atoms with Crippen LogP contribution in [0.2, 0.25) is 0 Å². The van der Waals surface area contributed by atoms with Gasteiger partial charge in [0, 0.05) is 32.2 Å². The van der Waals surface area contributed by atoms with E-state index in [1.807, 2.05) is 6.07 Å². The molecule has 1 aromatic rings. The Labute approximate surface area is 108 Å². The van der Waals surface area contributed by atoms with Gasteiger partial charge in [-0.2, -0.15) is 0 Å². The summed E-state index contributed by atoms with van der Waals surface area (Å²) in [5.41, 5.74) is 5.86. The summed E-state index contributed by atoms with van der Waals surface area (Å²) in [6.07, 6.45) is 2.53. The lowest BCUT2D eigenvalue weighted by Gasteiger charge is -2.33. The van der Waals surface area contributed by atoms with E-state index in [2.05, 4.69) is 28.7 Å². The van der Waals surface area contributed by atoms with Crippen molar-refractivity contribution in [1.82, 2.24) is 9.97 Å². The number of rotatable bonds is 3. The van der Waals surface area contributed by atoms with Gasteiger partial charge in [-0.25, -0.2) is 9.97 Å². The van der Waals surface area contributed by atoms with Crippen molar-refractivity contribution in [3.63, 3.8) is 0 Å². The minimum Gasteiger partial charge on any atom is -0.384 e. The second-order valence-electron chi connectivity index (χ2n) is 5.11. The lowest BCUT2D eigenvalue weighted by atomic mass is 10.1. The quantitative estimate of drug-likeness (QED) is 0.886. The Morgan fingerprint density at radius 2 is 2.22 bits per heavy atom. The van der Waals surface area contributed by atoms with Crippen LogP contribution in [0.1, 0.15) is 38.4 Å². The van der Waals surface area contributed by atoms with Crippen LogP contribution in [0.25, 0.3) is 0 Å². The van der Waals surface area contributed by atoms with Gasteiger partial charge in [0.15, 0.2) is 0 Å². The fourth-order valence-corrected chi connectivity index (χ4v) is 2.23. The van der Waals surface area contributed by atoms with Crippen LogP contribution < -0.4 is 10.6 Å². The van der Waals surface area contributed by atoms with Gasteiger partial charge < -0.3 is 15.4 Å². The van der Waals surface area contributed by atoms with Gasteiger partial charge in [0.2, 0.25) is 0 Å². The van der Waals surface area contributed by atoms with E-state index in [1.54, 1.807) is 7.11 Å². The lowest BCUT2D eigenvalue weighted by Crippen LogP contribution is -2.39. The molecule has 2 heterocycles.